The van der Waals surface area contributed by atoms with Gasteiger partial charge in [0.2, 0.25) is 0 Å². The second kappa shape index (κ2) is 8.02. The monoisotopic (exact) mass is 248 g/mol. The van der Waals surface area contributed by atoms with Crippen molar-refractivity contribution in [3.8, 4) is 0 Å². The fraction of sp³-hybridized carbons (Fsp3) is 0.625. The molecule has 0 N–H and O–H groups in total. The second-order valence-corrected chi connectivity index (χ2v) is 5.08. The lowest BCUT2D eigenvalue weighted by atomic mass is 9.73. The third-order valence-corrected chi connectivity index (χ3v) is 3.78. The molecule has 1 fully saturated rings. The van der Waals surface area contributed by atoms with Crippen LogP contribution in [-0.4, -0.2) is 11.6 Å². The van der Waals surface area contributed by atoms with Crippen molar-refractivity contribution in [3.63, 3.8) is 0 Å². The van der Waals surface area contributed by atoms with E-state index in [0.29, 0.717) is 12.8 Å². The van der Waals surface area contributed by atoms with Gasteiger partial charge in [0.15, 0.2) is 0 Å². The maximum atomic E-state index is 12.1. The third-order valence-electron chi connectivity index (χ3n) is 3.78. The van der Waals surface area contributed by atoms with Gasteiger partial charge in [-0.15, -0.1) is 13.2 Å². The van der Waals surface area contributed by atoms with Crippen LogP contribution >= 0.6 is 0 Å². The Morgan fingerprint density at radius 2 is 1.28 bits per heavy atom. The fourth-order valence-electron chi connectivity index (χ4n) is 2.76. The number of ketones is 2. The van der Waals surface area contributed by atoms with Crippen LogP contribution in [0.3, 0.4) is 0 Å². The molecule has 2 heteroatoms. The summed E-state index contributed by atoms with van der Waals surface area (Å²) in [6, 6.07) is 0. The van der Waals surface area contributed by atoms with Crippen LogP contribution in [0, 0.1) is 11.8 Å². The molecule has 2 unspecified atom stereocenters. The summed E-state index contributed by atoms with van der Waals surface area (Å²) in [7, 11) is 0. The molecule has 1 saturated carbocycles. The van der Waals surface area contributed by atoms with E-state index in [1.165, 1.54) is 0 Å². The first-order chi connectivity index (χ1) is 8.70. The molecular weight excluding hydrogens is 224 g/mol. The molecule has 0 bridgehead atoms. The lowest BCUT2D eigenvalue weighted by Gasteiger charge is -2.29. The second-order valence-electron chi connectivity index (χ2n) is 5.08. The van der Waals surface area contributed by atoms with E-state index in [9.17, 15) is 9.59 Å². The zero-order valence-electron chi connectivity index (χ0n) is 11.2. The molecule has 0 aliphatic heterocycles. The molecule has 0 saturated heterocycles. The van der Waals surface area contributed by atoms with Crippen LogP contribution in [0.25, 0.3) is 0 Å². The van der Waals surface area contributed by atoms with Crippen LogP contribution in [0.1, 0.15) is 51.4 Å². The topological polar surface area (TPSA) is 34.1 Å². The zero-order valence-corrected chi connectivity index (χ0v) is 11.2. The van der Waals surface area contributed by atoms with Crippen molar-refractivity contribution in [1.82, 2.24) is 0 Å². The van der Waals surface area contributed by atoms with Crippen molar-refractivity contribution < 1.29 is 9.59 Å². The van der Waals surface area contributed by atoms with Gasteiger partial charge < -0.3 is 0 Å². The van der Waals surface area contributed by atoms with Gasteiger partial charge in [-0.25, -0.2) is 0 Å². The minimum atomic E-state index is -0.0315. The van der Waals surface area contributed by atoms with Crippen LogP contribution < -0.4 is 0 Å². The van der Waals surface area contributed by atoms with E-state index in [1.54, 1.807) is 12.2 Å². The lowest BCUT2D eigenvalue weighted by Crippen LogP contribution is -2.32. The molecule has 0 heterocycles. The highest BCUT2D eigenvalue weighted by Crippen LogP contribution is 2.33. The molecule has 1 aliphatic rings. The SMILES string of the molecule is C=CCCC(=O)C1CCCCC1C(=O)CCC=C. The zero-order chi connectivity index (χ0) is 13.4. The van der Waals surface area contributed by atoms with Crippen molar-refractivity contribution in [2.45, 2.75) is 51.4 Å². The first-order valence-corrected chi connectivity index (χ1v) is 6.98. The van der Waals surface area contributed by atoms with E-state index < -0.39 is 0 Å². The molecule has 0 radical (unpaired) electrons. The van der Waals surface area contributed by atoms with Crippen LogP contribution in [0.5, 0.6) is 0 Å². The molecule has 0 aromatic carbocycles. The van der Waals surface area contributed by atoms with Crippen molar-refractivity contribution in [3.05, 3.63) is 25.3 Å². The Hall–Kier alpha value is -1.18. The van der Waals surface area contributed by atoms with Crippen LogP contribution in [0.15, 0.2) is 25.3 Å². The standard InChI is InChI=1S/C16H24O2/c1-3-5-11-15(17)13-9-7-8-10-14(13)16(18)12-6-4-2/h3-4,13-14H,1-2,5-12H2. The Balaban J connectivity index is 2.60. The molecule has 2 atom stereocenters. The summed E-state index contributed by atoms with van der Waals surface area (Å²) in [6.07, 6.45) is 10.0. The number of hydrogen-bond donors (Lipinski definition) is 0. The summed E-state index contributed by atoms with van der Waals surface area (Å²) in [5.41, 5.74) is 0. The normalized spacial score (nSPS) is 23.3. The van der Waals surface area contributed by atoms with Gasteiger partial charge >= 0.3 is 0 Å². The van der Waals surface area contributed by atoms with E-state index in [0.717, 1.165) is 38.5 Å². The molecular formula is C16H24O2. The van der Waals surface area contributed by atoms with E-state index >= 15 is 0 Å². The highest BCUT2D eigenvalue weighted by atomic mass is 16.1. The highest BCUT2D eigenvalue weighted by molar-refractivity contribution is 5.90. The quantitative estimate of drug-likeness (QED) is 0.611. The average molecular weight is 248 g/mol. The van der Waals surface area contributed by atoms with Crippen molar-refractivity contribution in [2.24, 2.45) is 11.8 Å². The summed E-state index contributed by atoms with van der Waals surface area (Å²) in [5, 5.41) is 0. The predicted molar refractivity (Wildman–Crippen MR) is 74.3 cm³/mol. The summed E-state index contributed by atoms with van der Waals surface area (Å²) in [4.78, 5) is 24.3. The van der Waals surface area contributed by atoms with Gasteiger partial charge in [0, 0.05) is 24.7 Å². The Morgan fingerprint density at radius 3 is 1.61 bits per heavy atom. The van der Waals surface area contributed by atoms with Gasteiger partial charge in [-0.2, -0.15) is 0 Å². The van der Waals surface area contributed by atoms with E-state index in [1.807, 2.05) is 0 Å². The number of Topliss-reactive ketones (excluding diaryl/α,β-unsaturated/α-hetero) is 2. The summed E-state index contributed by atoms with van der Waals surface area (Å²) in [5.74, 6) is 0.449. The minimum absolute atomic E-state index is 0.0315. The number of carbonyl (C=O) groups is 2. The van der Waals surface area contributed by atoms with Gasteiger partial charge in [0.25, 0.3) is 0 Å². The third kappa shape index (κ3) is 4.25. The Kier molecular flexibility index (Phi) is 6.63. The first-order valence-electron chi connectivity index (χ1n) is 6.98. The molecule has 100 valence electrons. The van der Waals surface area contributed by atoms with Gasteiger partial charge in [-0.1, -0.05) is 25.0 Å². The molecule has 0 amide bonds. The lowest BCUT2D eigenvalue weighted by molar-refractivity contribution is -0.134. The largest absolute Gasteiger partial charge is 0.299 e. The Bertz CT molecular complexity index is 285. The maximum Gasteiger partial charge on any atom is 0.137 e. The van der Waals surface area contributed by atoms with Crippen LogP contribution in [0.4, 0.5) is 0 Å². The Morgan fingerprint density at radius 1 is 0.889 bits per heavy atom. The van der Waals surface area contributed by atoms with Crippen LogP contribution in [0.2, 0.25) is 0 Å². The fourth-order valence-corrected chi connectivity index (χ4v) is 2.76. The molecule has 0 aromatic rings. The van der Waals surface area contributed by atoms with Gasteiger partial charge in [0.05, 0.1) is 0 Å². The Labute approximate surface area is 110 Å². The van der Waals surface area contributed by atoms with Gasteiger partial charge in [0.1, 0.15) is 11.6 Å². The van der Waals surface area contributed by atoms with E-state index in [2.05, 4.69) is 13.2 Å². The van der Waals surface area contributed by atoms with E-state index in [-0.39, 0.29) is 23.4 Å². The van der Waals surface area contributed by atoms with Crippen molar-refractivity contribution in [1.29, 1.82) is 0 Å². The molecule has 1 aliphatic carbocycles. The van der Waals surface area contributed by atoms with Gasteiger partial charge in [-0.05, 0) is 25.7 Å². The minimum Gasteiger partial charge on any atom is -0.299 e. The predicted octanol–water partition coefficient (Wildman–Crippen LogP) is 3.86. The molecule has 1 rings (SSSR count). The summed E-state index contributed by atoms with van der Waals surface area (Å²) >= 11 is 0. The number of allylic oxidation sites excluding steroid dienone is 2. The first kappa shape index (κ1) is 14.9. The highest BCUT2D eigenvalue weighted by Gasteiger charge is 2.34. The number of carbonyl (C=O) groups excluding carboxylic acids is 2. The molecule has 0 spiro atoms. The average Bonchev–Trinajstić information content (AvgIpc) is 2.42. The van der Waals surface area contributed by atoms with Crippen molar-refractivity contribution in [2.75, 3.05) is 0 Å². The molecule has 2 nitrogen and oxygen atoms in total. The summed E-state index contributed by atoms with van der Waals surface area (Å²) < 4.78 is 0. The van der Waals surface area contributed by atoms with Crippen molar-refractivity contribution >= 4 is 11.6 Å². The molecule has 18 heavy (non-hydrogen) atoms. The smallest absolute Gasteiger partial charge is 0.137 e. The maximum absolute atomic E-state index is 12.1. The molecule has 0 aromatic heterocycles. The van der Waals surface area contributed by atoms with Gasteiger partial charge in [-0.3, -0.25) is 9.59 Å². The van der Waals surface area contributed by atoms with E-state index in [4.69, 9.17) is 0 Å². The number of hydrogen-bond acceptors (Lipinski definition) is 2. The number of rotatable bonds is 8. The summed E-state index contributed by atoms with van der Waals surface area (Å²) in [6.45, 7) is 7.28. The van der Waals surface area contributed by atoms with Crippen LogP contribution in [-0.2, 0) is 9.59 Å².